The average molecular weight is 428 g/mol. The van der Waals surface area contributed by atoms with E-state index in [0.29, 0.717) is 5.56 Å². The monoisotopic (exact) mass is 427 g/mol. The van der Waals surface area contributed by atoms with Crippen LogP contribution in [0.2, 0.25) is 10.0 Å². The summed E-state index contributed by atoms with van der Waals surface area (Å²) in [7, 11) is 0. The number of rotatable bonds is 6. The first kappa shape index (κ1) is 21.6. The van der Waals surface area contributed by atoms with E-state index in [1.165, 1.54) is 31.2 Å². The summed E-state index contributed by atoms with van der Waals surface area (Å²) in [4.78, 5) is 34.7. The van der Waals surface area contributed by atoms with E-state index in [1.54, 1.807) is 6.92 Å². The number of benzene rings is 2. The van der Waals surface area contributed by atoms with E-state index in [-0.39, 0.29) is 21.3 Å². The first-order valence-electron chi connectivity index (χ1n) is 8.10. The van der Waals surface area contributed by atoms with Crippen LogP contribution in [0.3, 0.4) is 0 Å². The summed E-state index contributed by atoms with van der Waals surface area (Å²) in [6.45, 7) is 3.04. The number of nitro benzene ring substituents is 1. The van der Waals surface area contributed by atoms with Crippen LogP contribution in [0.25, 0.3) is 0 Å². The molecule has 0 saturated carbocycles. The molecule has 2 N–H and O–H groups in total. The Balaban J connectivity index is 2.04. The molecule has 148 valence electrons. The molecule has 0 spiro atoms. The van der Waals surface area contributed by atoms with Crippen LogP contribution in [0, 0.1) is 15.9 Å². The highest BCUT2D eigenvalue weighted by molar-refractivity contribution is 6.35. The van der Waals surface area contributed by atoms with Gasteiger partial charge in [-0.25, -0.2) is 4.39 Å². The van der Waals surface area contributed by atoms with Crippen molar-refractivity contribution in [3.8, 4) is 0 Å². The third-order valence-electron chi connectivity index (χ3n) is 3.92. The molecule has 7 nitrogen and oxygen atoms in total. The van der Waals surface area contributed by atoms with Gasteiger partial charge in [-0.15, -0.1) is 0 Å². The van der Waals surface area contributed by atoms with Crippen molar-refractivity contribution in [3.05, 3.63) is 73.5 Å². The van der Waals surface area contributed by atoms with E-state index in [0.717, 1.165) is 12.1 Å². The molecule has 0 fully saturated rings. The zero-order valence-electron chi connectivity index (χ0n) is 14.8. The molecule has 0 radical (unpaired) electrons. The van der Waals surface area contributed by atoms with E-state index in [1.807, 2.05) is 0 Å². The van der Waals surface area contributed by atoms with Crippen molar-refractivity contribution in [1.82, 2.24) is 10.6 Å². The predicted octanol–water partition coefficient (Wildman–Crippen LogP) is 4.04. The number of carbonyl (C=O) groups excluding carboxylic acids is 2. The van der Waals surface area contributed by atoms with Gasteiger partial charge in [-0.3, -0.25) is 19.7 Å². The smallest absolute Gasteiger partial charge is 0.270 e. The molecule has 0 aliphatic carbocycles. The number of nitrogens with one attached hydrogen (secondary N) is 2. The molecule has 0 bridgehead atoms. The maximum atomic E-state index is 13.7. The zero-order valence-corrected chi connectivity index (χ0v) is 16.3. The van der Waals surface area contributed by atoms with Crippen LogP contribution in [0.4, 0.5) is 10.1 Å². The second-order valence-corrected chi connectivity index (χ2v) is 6.84. The third kappa shape index (κ3) is 5.17. The molecular formula is C18H16Cl2FN3O4. The minimum Gasteiger partial charge on any atom is -0.348 e. The van der Waals surface area contributed by atoms with Crippen LogP contribution in [0.15, 0.2) is 36.4 Å². The van der Waals surface area contributed by atoms with Crippen molar-refractivity contribution < 1.29 is 18.9 Å². The SMILES string of the molecule is CC(NC(=O)c1cccc([N+](=O)[O-])c1)C(=O)NC(C)c1cc(F)c(Cl)cc1Cl. The molecule has 0 aliphatic heterocycles. The highest BCUT2D eigenvalue weighted by Gasteiger charge is 2.21. The molecule has 0 aliphatic rings. The number of nitro groups is 1. The largest absolute Gasteiger partial charge is 0.348 e. The summed E-state index contributed by atoms with van der Waals surface area (Å²) < 4.78 is 13.7. The highest BCUT2D eigenvalue weighted by atomic mass is 35.5. The number of hydrogen-bond donors (Lipinski definition) is 2. The number of amides is 2. The first-order chi connectivity index (χ1) is 13.1. The van der Waals surface area contributed by atoms with Crippen LogP contribution in [-0.2, 0) is 4.79 Å². The molecule has 2 rings (SSSR count). The lowest BCUT2D eigenvalue weighted by Gasteiger charge is -2.20. The molecule has 2 amide bonds. The van der Waals surface area contributed by atoms with E-state index < -0.39 is 34.6 Å². The summed E-state index contributed by atoms with van der Waals surface area (Å²) >= 11 is 11.7. The van der Waals surface area contributed by atoms with E-state index in [9.17, 15) is 24.1 Å². The van der Waals surface area contributed by atoms with E-state index in [2.05, 4.69) is 10.6 Å². The highest BCUT2D eigenvalue weighted by Crippen LogP contribution is 2.28. The van der Waals surface area contributed by atoms with Gasteiger partial charge in [0.25, 0.3) is 11.6 Å². The Kier molecular flexibility index (Phi) is 6.93. The Morgan fingerprint density at radius 1 is 1.11 bits per heavy atom. The minimum atomic E-state index is -0.954. The second-order valence-electron chi connectivity index (χ2n) is 6.02. The Morgan fingerprint density at radius 2 is 1.79 bits per heavy atom. The van der Waals surface area contributed by atoms with Gasteiger partial charge in [-0.1, -0.05) is 29.3 Å². The van der Waals surface area contributed by atoms with Gasteiger partial charge in [0.15, 0.2) is 0 Å². The fraction of sp³-hybridized carbons (Fsp3) is 0.222. The normalized spacial score (nSPS) is 12.8. The van der Waals surface area contributed by atoms with E-state index in [4.69, 9.17) is 23.2 Å². The predicted molar refractivity (Wildman–Crippen MR) is 103 cm³/mol. The fourth-order valence-electron chi connectivity index (χ4n) is 2.39. The molecule has 2 atom stereocenters. The van der Waals surface area contributed by atoms with Crippen molar-refractivity contribution in [2.75, 3.05) is 0 Å². The van der Waals surface area contributed by atoms with Crippen LogP contribution in [0.1, 0.15) is 35.8 Å². The third-order valence-corrected chi connectivity index (χ3v) is 4.54. The van der Waals surface area contributed by atoms with Gasteiger partial charge in [-0.2, -0.15) is 0 Å². The second kappa shape index (κ2) is 8.99. The minimum absolute atomic E-state index is 0.0460. The number of carbonyl (C=O) groups is 2. The van der Waals surface area contributed by atoms with Crippen LogP contribution < -0.4 is 10.6 Å². The van der Waals surface area contributed by atoms with Crippen molar-refractivity contribution in [2.45, 2.75) is 25.9 Å². The molecule has 2 aromatic carbocycles. The topological polar surface area (TPSA) is 101 Å². The lowest BCUT2D eigenvalue weighted by atomic mass is 10.1. The maximum Gasteiger partial charge on any atom is 0.270 e. The van der Waals surface area contributed by atoms with Gasteiger partial charge in [-0.05, 0) is 37.6 Å². The Morgan fingerprint density at radius 3 is 2.43 bits per heavy atom. The van der Waals surface area contributed by atoms with Crippen molar-refractivity contribution in [1.29, 1.82) is 0 Å². The van der Waals surface area contributed by atoms with E-state index >= 15 is 0 Å². The van der Waals surface area contributed by atoms with Gasteiger partial charge >= 0.3 is 0 Å². The number of non-ortho nitro benzene ring substituents is 1. The summed E-state index contributed by atoms with van der Waals surface area (Å²) in [6, 6.07) is 5.89. The lowest BCUT2D eigenvalue weighted by molar-refractivity contribution is -0.384. The Labute approximate surface area is 170 Å². The van der Waals surface area contributed by atoms with Gasteiger partial charge in [0.1, 0.15) is 11.9 Å². The summed E-state index contributed by atoms with van der Waals surface area (Å²) in [5.74, 6) is -1.86. The van der Waals surface area contributed by atoms with Crippen LogP contribution in [-0.4, -0.2) is 22.8 Å². The van der Waals surface area contributed by atoms with Gasteiger partial charge < -0.3 is 10.6 Å². The van der Waals surface area contributed by atoms with Gasteiger partial charge in [0.05, 0.1) is 16.0 Å². The summed E-state index contributed by atoms with van der Waals surface area (Å²) in [6.07, 6.45) is 0. The lowest BCUT2D eigenvalue weighted by Crippen LogP contribution is -2.45. The maximum absolute atomic E-state index is 13.7. The summed E-state index contributed by atoms with van der Waals surface area (Å²) in [5, 5.41) is 15.9. The first-order valence-corrected chi connectivity index (χ1v) is 8.86. The van der Waals surface area contributed by atoms with Crippen molar-refractivity contribution in [3.63, 3.8) is 0 Å². The van der Waals surface area contributed by atoms with Crippen molar-refractivity contribution >= 4 is 40.7 Å². The van der Waals surface area contributed by atoms with Crippen LogP contribution >= 0.6 is 23.2 Å². The molecular weight excluding hydrogens is 412 g/mol. The Bertz CT molecular complexity index is 939. The molecule has 28 heavy (non-hydrogen) atoms. The fourth-order valence-corrected chi connectivity index (χ4v) is 2.94. The van der Waals surface area contributed by atoms with Gasteiger partial charge in [0.2, 0.25) is 5.91 Å². The molecule has 10 heteroatoms. The molecule has 2 aromatic rings. The number of halogens is 3. The van der Waals surface area contributed by atoms with Crippen LogP contribution in [0.5, 0.6) is 0 Å². The van der Waals surface area contributed by atoms with Gasteiger partial charge in [0, 0.05) is 22.7 Å². The molecule has 0 saturated heterocycles. The molecule has 2 unspecified atom stereocenters. The zero-order chi connectivity index (χ0) is 21.0. The Hall–Kier alpha value is -2.71. The average Bonchev–Trinajstić information content (AvgIpc) is 2.64. The molecule has 0 aromatic heterocycles. The number of hydrogen-bond acceptors (Lipinski definition) is 4. The summed E-state index contributed by atoms with van der Waals surface area (Å²) in [5.41, 5.74) is 0.136. The standard InChI is InChI=1S/C18H16Cl2FN3O4/c1-9(13-7-16(21)15(20)8-14(13)19)22-17(25)10(2)23-18(26)11-4-3-5-12(6-11)24(27)28/h3-10H,1-2H3,(H,22,25)(H,23,26). The molecule has 0 heterocycles. The quantitative estimate of drug-likeness (QED) is 0.412. The van der Waals surface area contributed by atoms with Crippen molar-refractivity contribution in [2.24, 2.45) is 0 Å². The number of nitrogens with zero attached hydrogens (tertiary/aromatic N) is 1.